The third-order valence-corrected chi connectivity index (χ3v) is 3.47. The Morgan fingerprint density at radius 3 is 3.00 bits per heavy atom. The fourth-order valence-electron chi connectivity index (χ4n) is 2.49. The zero-order valence-corrected chi connectivity index (χ0v) is 10.4. The van der Waals surface area contributed by atoms with Gasteiger partial charge < -0.3 is 9.47 Å². The average molecular weight is 247 g/mol. The highest BCUT2D eigenvalue weighted by molar-refractivity contribution is 6.05. The molecule has 1 unspecified atom stereocenters. The third-order valence-electron chi connectivity index (χ3n) is 3.47. The molecule has 1 atom stereocenters. The number of hydrogen-bond acceptors (Lipinski definition) is 3. The van der Waals surface area contributed by atoms with Crippen molar-refractivity contribution >= 4 is 11.9 Å². The molecule has 2 N–H and O–H groups in total. The minimum Gasteiger partial charge on any atom is -0.329 e. The number of carbonyl (C=O) groups is 1. The van der Waals surface area contributed by atoms with Crippen molar-refractivity contribution in [1.82, 2.24) is 19.8 Å². The first-order chi connectivity index (χ1) is 8.72. The van der Waals surface area contributed by atoms with Crippen molar-refractivity contribution in [1.29, 1.82) is 5.41 Å². The van der Waals surface area contributed by atoms with Gasteiger partial charge in [0.15, 0.2) is 0 Å². The molecule has 1 aliphatic heterocycles. The number of amidine groups is 1. The predicted octanol–water partition coefficient (Wildman–Crippen LogP) is 1.67. The molecule has 18 heavy (non-hydrogen) atoms. The van der Waals surface area contributed by atoms with E-state index in [9.17, 15) is 4.79 Å². The van der Waals surface area contributed by atoms with Gasteiger partial charge in [-0.25, -0.2) is 9.78 Å². The van der Waals surface area contributed by atoms with Gasteiger partial charge in [0.05, 0.1) is 18.2 Å². The molecule has 2 aliphatic rings. The van der Waals surface area contributed by atoms with Gasteiger partial charge in [-0.15, -0.1) is 0 Å². The Hall–Kier alpha value is -1.85. The van der Waals surface area contributed by atoms with Crippen LogP contribution in [0.3, 0.4) is 0 Å². The summed E-state index contributed by atoms with van der Waals surface area (Å²) in [4.78, 5) is 17.7. The van der Waals surface area contributed by atoms with E-state index in [1.54, 1.807) is 11.1 Å². The van der Waals surface area contributed by atoms with Gasteiger partial charge in [0.2, 0.25) is 0 Å². The molecular weight excluding hydrogens is 230 g/mol. The summed E-state index contributed by atoms with van der Waals surface area (Å²) in [5.74, 6) is 0.260. The fraction of sp³-hybridized carbons (Fsp3) is 0.583. The van der Waals surface area contributed by atoms with Crippen LogP contribution in [0.15, 0.2) is 12.5 Å². The molecular formula is C12H17N5O. The Morgan fingerprint density at radius 2 is 2.33 bits per heavy atom. The van der Waals surface area contributed by atoms with E-state index in [1.165, 1.54) is 12.8 Å². The maximum atomic E-state index is 11.8. The van der Waals surface area contributed by atoms with E-state index in [4.69, 9.17) is 5.41 Å². The molecule has 1 aromatic heterocycles. The molecule has 96 valence electrons. The first kappa shape index (κ1) is 11.3. The number of urea groups is 1. The van der Waals surface area contributed by atoms with Gasteiger partial charge in [0, 0.05) is 12.6 Å². The summed E-state index contributed by atoms with van der Waals surface area (Å²) in [5.41, 5.74) is 0.953. The van der Waals surface area contributed by atoms with Gasteiger partial charge in [-0.3, -0.25) is 10.7 Å². The normalized spacial score (nSPS) is 23.6. The van der Waals surface area contributed by atoms with Gasteiger partial charge in [-0.2, -0.15) is 0 Å². The van der Waals surface area contributed by atoms with Crippen molar-refractivity contribution < 1.29 is 4.79 Å². The Morgan fingerprint density at radius 1 is 1.56 bits per heavy atom. The molecule has 3 rings (SSSR count). The second-order valence-corrected chi connectivity index (χ2v) is 4.90. The highest BCUT2D eigenvalue weighted by Gasteiger charge is 2.39. The van der Waals surface area contributed by atoms with E-state index < -0.39 is 0 Å². The molecule has 6 nitrogen and oxygen atoms in total. The lowest BCUT2D eigenvalue weighted by Gasteiger charge is -2.23. The van der Waals surface area contributed by atoms with E-state index in [2.05, 4.69) is 14.9 Å². The van der Waals surface area contributed by atoms with Crippen LogP contribution < -0.4 is 5.32 Å². The monoisotopic (exact) mass is 247 g/mol. The van der Waals surface area contributed by atoms with Crippen molar-refractivity contribution in [2.45, 2.75) is 38.3 Å². The van der Waals surface area contributed by atoms with Gasteiger partial charge in [-0.1, -0.05) is 6.92 Å². The largest absolute Gasteiger partial charge is 0.329 e. The number of nitrogens with one attached hydrogen (secondary N) is 2. The second-order valence-electron chi connectivity index (χ2n) is 4.90. The number of nitrogens with zero attached hydrogens (tertiary/aromatic N) is 3. The number of amides is 2. The number of hydrogen-bond donors (Lipinski definition) is 2. The molecule has 0 aromatic carbocycles. The van der Waals surface area contributed by atoms with E-state index >= 15 is 0 Å². The summed E-state index contributed by atoms with van der Waals surface area (Å²) >= 11 is 0. The lowest BCUT2D eigenvalue weighted by Crippen LogP contribution is -2.31. The maximum absolute atomic E-state index is 11.8. The minimum atomic E-state index is -0.291. The fourth-order valence-corrected chi connectivity index (χ4v) is 2.49. The highest BCUT2D eigenvalue weighted by atomic mass is 16.2. The van der Waals surface area contributed by atoms with Gasteiger partial charge >= 0.3 is 6.03 Å². The lowest BCUT2D eigenvalue weighted by molar-refractivity contribution is 0.204. The number of aromatic nitrogens is 2. The topological polar surface area (TPSA) is 74.0 Å². The predicted molar refractivity (Wildman–Crippen MR) is 66.5 cm³/mol. The summed E-state index contributed by atoms with van der Waals surface area (Å²) in [6, 6.07) is 0.0467. The van der Waals surface area contributed by atoms with Crippen molar-refractivity contribution in [3.8, 4) is 0 Å². The molecule has 2 fully saturated rings. The van der Waals surface area contributed by atoms with Crippen molar-refractivity contribution in [3.05, 3.63) is 18.2 Å². The smallest absolute Gasteiger partial charge is 0.323 e. The molecule has 1 saturated carbocycles. The van der Waals surface area contributed by atoms with Crippen LogP contribution in [0.4, 0.5) is 4.79 Å². The summed E-state index contributed by atoms with van der Waals surface area (Å²) in [6.45, 7) is 2.69. The van der Waals surface area contributed by atoms with Crippen LogP contribution in [0.2, 0.25) is 0 Å². The van der Waals surface area contributed by atoms with Crippen LogP contribution in [0.5, 0.6) is 0 Å². The SMILES string of the molecule is CCCN1C(=O)NC(=N)C1c1cncn1C1CC1. The molecule has 1 aromatic rings. The molecule has 0 bridgehead atoms. The maximum Gasteiger partial charge on any atom is 0.323 e. The summed E-state index contributed by atoms with van der Waals surface area (Å²) in [5, 5.41) is 10.6. The Balaban J connectivity index is 1.94. The van der Waals surface area contributed by atoms with Crippen LogP contribution >= 0.6 is 0 Å². The average Bonchev–Trinajstić information content (AvgIpc) is 3.01. The summed E-state index contributed by atoms with van der Waals surface area (Å²) in [7, 11) is 0. The molecule has 1 aliphatic carbocycles. The second kappa shape index (κ2) is 4.12. The van der Waals surface area contributed by atoms with Gasteiger partial charge in [0.25, 0.3) is 0 Å². The van der Waals surface area contributed by atoms with Crippen molar-refractivity contribution in [2.24, 2.45) is 0 Å². The summed E-state index contributed by atoms with van der Waals surface area (Å²) < 4.78 is 2.11. The summed E-state index contributed by atoms with van der Waals surface area (Å²) in [6.07, 6.45) is 6.81. The van der Waals surface area contributed by atoms with Crippen LogP contribution in [0, 0.1) is 5.41 Å². The Bertz CT molecular complexity index is 490. The van der Waals surface area contributed by atoms with Crippen LogP contribution in [-0.4, -0.2) is 32.9 Å². The zero-order valence-electron chi connectivity index (χ0n) is 10.4. The van der Waals surface area contributed by atoms with Gasteiger partial charge in [-0.05, 0) is 19.3 Å². The van der Waals surface area contributed by atoms with E-state index in [0.717, 1.165) is 12.1 Å². The third kappa shape index (κ3) is 1.68. The Kier molecular flexibility index (Phi) is 2.57. The van der Waals surface area contributed by atoms with Crippen molar-refractivity contribution in [2.75, 3.05) is 6.54 Å². The number of imidazole rings is 1. The Labute approximate surface area is 105 Å². The van der Waals surface area contributed by atoms with Crippen LogP contribution in [-0.2, 0) is 0 Å². The van der Waals surface area contributed by atoms with Crippen molar-refractivity contribution in [3.63, 3.8) is 0 Å². The van der Waals surface area contributed by atoms with Gasteiger partial charge in [0.1, 0.15) is 11.9 Å². The zero-order chi connectivity index (χ0) is 12.7. The molecule has 2 heterocycles. The quantitative estimate of drug-likeness (QED) is 0.849. The van der Waals surface area contributed by atoms with E-state index in [0.29, 0.717) is 12.6 Å². The number of carbonyl (C=O) groups excluding carboxylic acids is 1. The number of rotatable bonds is 4. The van der Waals surface area contributed by atoms with E-state index in [1.807, 2.05) is 13.3 Å². The first-order valence-corrected chi connectivity index (χ1v) is 6.40. The molecule has 0 radical (unpaired) electrons. The lowest BCUT2D eigenvalue weighted by atomic mass is 10.2. The standard InChI is InChI=1S/C12H17N5O/c1-2-5-16-10(11(13)15-12(16)18)9-6-14-7-17(9)8-3-4-8/h6-8,10H,2-5H2,1H3,(H2,13,15,18). The van der Waals surface area contributed by atoms with E-state index in [-0.39, 0.29) is 17.9 Å². The van der Waals surface area contributed by atoms with Crippen LogP contribution in [0.1, 0.15) is 44.0 Å². The molecule has 1 saturated heterocycles. The molecule has 6 heteroatoms. The minimum absolute atomic E-state index is 0.171. The first-order valence-electron chi connectivity index (χ1n) is 6.40. The van der Waals surface area contributed by atoms with Crippen LogP contribution in [0.25, 0.3) is 0 Å². The highest BCUT2D eigenvalue weighted by Crippen LogP contribution is 2.38. The molecule has 2 amide bonds. The molecule has 0 spiro atoms.